The highest BCUT2D eigenvalue weighted by Gasteiger charge is 2.31. The Morgan fingerprint density at radius 2 is 2.16 bits per heavy atom. The van der Waals surface area contributed by atoms with Gasteiger partial charge in [-0.1, -0.05) is 0 Å². The molecule has 25 heavy (non-hydrogen) atoms. The molecule has 1 aliphatic carbocycles. The molecule has 1 saturated carbocycles. The molecule has 3 rings (SSSR count). The molecule has 0 unspecified atom stereocenters. The molecule has 0 amide bonds. The van der Waals surface area contributed by atoms with Gasteiger partial charge in [-0.3, -0.25) is 0 Å². The van der Waals surface area contributed by atoms with Gasteiger partial charge < -0.3 is 15.2 Å². The van der Waals surface area contributed by atoms with Gasteiger partial charge in [0.05, 0.1) is 11.8 Å². The number of aromatic nitrogens is 1. The lowest BCUT2D eigenvalue weighted by molar-refractivity contribution is -0.0465. The van der Waals surface area contributed by atoms with Crippen molar-refractivity contribution in [2.75, 3.05) is 5.32 Å². The number of rotatable bonds is 4. The van der Waals surface area contributed by atoms with Gasteiger partial charge in [-0.2, -0.15) is 5.26 Å². The minimum atomic E-state index is -0.637. The van der Waals surface area contributed by atoms with Crippen LogP contribution in [0, 0.1) is 20.7 Å². The van der Waals surface area contributed by atoms with Gasteiger partial charge in [0.2, 0.25) is 0 Å². The van der Waals surface area contributed by atoms with Crippen molar-refractivity contribution in [2.24, 2.45) is 0 Å². The van der Waals surface area contributed by atoms with Crippen LogP contribution in [0.3, 0.4) is 0 Å². The molecule has 1 aromatic carbocycles. The fourth-order valence-electron chi connectivity index (χ4n) is 2.35. The van der Waals surface area contributed by atoms with Crippen LogP contribution in [0.2, 0.25) is 0 Å². The number of pyridine rings is 1. The van der Waals surface area contributed by atoms with E-state index in [2.05, 4.69) is 10.3 Å². The first-order valence-electron chi connectivity index (χ1n) is 7.48. The maximum Gasteiger partial charge on any atom is 0.342 e. The molecule has 1 aromatic heterocycles. The summed E-state index contributed by atoms with van der Waals surface area (Å²) in [6.07, 6.45) is -0.00936. The standard InChI is InChI=1S/C17H13FIN3O3/c18-14-5-9(19)1-4-15(14)22-16-13(3-2-10(8-20)21-16)17(24)25-12-6-11(23)7-12/h1-5,11-12,23H,6-7H2,(H,21,22). The molecule has 0 spiro atoms. The predicted octanol–water partition coefficient (Wildman–Crippen LogP) is 3.12. The molecule has 1 fully saturated rings. The maximum absolute atomic E-state index is 14.1. The molecule has 1 aliphatic rings. The summed E-state index contributed by atoms with van der Waals surface area (Å²) >= 11 is 1.99. The highest BCUT2D eigenvalue weighted by Crippen LogP contribution is 2.27. The van der Waals surface area contributed by atoms with Crippen LogP contribution in [0.15, 0.2) is 30.3 Å². The van der Waals surface area contributed by atoms with E-state index in [1.807, 2.05) is 28.7 Å². The van der Waals surface area contributed by atoms with Crippen LogP contribution in [-0.2, 0) is 4.74 Å². The maximum atomic E-state index is 14.1. The second-order valence-electron chi connectivity index (χ2n) is 5.61. The molecular weight excluding hydrogens is 440 g/mol. The van der Waals surface area contributed by atoms with Crippen LogP contribution in [0.25, 0.3) is 0 Å². The third-order valence-electron chi connectivity index (χ3n) is 3.76. The third-order valence-corrected chi connectivity index (χ3v) is 4.43. The van der Waals surface area contributed by atoms with E-state index < -0.39 is 17.9 Å². The number of halogens is 2. The van der Waals surface area contributed by atoms with Gasteiger partial charge in [0.1, 0.15) is 35.1 Å². The summed E-state index contributed by atoms with van der Waals surface area (Å²) in [6, 6.07) is 9.25. The number of anilines is 2. The first kappa shape index (κ1) is 17.6. The number of carbonyl (C=O) groups excluding carboxylic acids is 1. The second-order valence-corrected chi connectivity index (χ2v) is 6.85. The van der Waals surface area contributed by atoms with Gasteiger partial charge in [-0.05, 0) is 52.9 Å². The number of benzene rings is 1. The minimum absolute atomic E-state index is 0.0454. The number of aliphatic hydroxyl groups is 1. The lowest BCUT2D eigenvalue weighted by atomic mass is 9.92. The summed E-state index contributed by atoms with van der Waals surface area (Å²) in [7, 11) is 0. The van der Waals surface area contributed by atoms with Crippen molar-refractivity contribution in [2.45, 2.75) is 25.0 Å². The number of ether oxygens (including phenoxy) is 1. The molecule has 0 aliphatic heterocycles. The average Bonchev–Trinajstić information content (AvgIpc) is 2.55. The van der Waals surface area contributed by atoms with Gasteiger partial charge in [-0.15, -0.1) is 0 Å². The highest BCUT2D eigenvalue weighted by molar-refractivity contribution is 14.1. The molecule has 6 nitrogen and oxygen atoms in total. The Balaban J connectivity index is 1.88. The van der Waals surface area contributed by atoms with Crippen molar-refractivity contribution in [3.8, 4) is 6.07 Å². The normalized spacial score (nSPS) is 18.8. The smallest absolute Gasteiger partial charge is 0.342 e. The fourth-order valence-corrected chi connectivity index (χ4v) is 2.80. The molecular formula is C17H13FIN3O3. The van der Waals surface area contributed by atoms with Gasteiger partial charge in [-0.25, -0.2) is 14.2 Å². The molecule has 2 aromatic rings. The van der Waals surface area contributed by atoms with E-state index in [9.17, 15) is 14.3 Å². The van der Waals surface area contributed by atoms with E-state index in [4.69, 9.17) is 10.00 Å². The van der Waals surface area contributed by atoms with Gasteiger partial charge >= 0.3 is 5.97 Å². The van der Waals surface area contributed by atoms with Crippen LogP contribution in [0.5, 0.6) is 0 Å². The zero-order chi connectivity index (χ0) is 18.0. The van der Waals surface area contributed by atoms with Gasteiger partial charge in [0.25, 0.3) is 0 Å². The SMILES string of the molecule is N#Cc1ccc(C(=O)OC2CC(O)C2)c(Nc2ccc(I)cc2F)n1. The summed E-state index contributed by atoms with van der Waals surface area (Å²) in [5.74, 6) is -1.09. The Bertz CT molecular complexity index is 863. The molecule has 0 saturated heterocycles. The number of esters is 1. The lowest BCUT2D eigenvalue weighted by Crippen LogP contribution is -2.37. The number of nitrogens with zero attached hydrogens (tertiary/aromatic N) is 2. The Kier molecular flexibility index (Phi) is 5.15. The zero-order valence-corrected chi connectivity index (χ0v) is 15.0. The van der Waals surface area contributed by atoms with Crippen molar-refractivity contribution in [3.05, 3.63) is 51.0 Å². The second kappa shape index (κ2) is 7.33. The molecule has 2 N–H and O–H groups in total. The van der Waals surface area contributed by atoms with Crippen LogP contribution in [-0.4, -0.2) is 28.3 Å². The summed E-state index contributed by atoms with van der Waals surface area (Å²) < 4.78 is 20.1. The molecule has 8 heteroatoms. The first-order chi connectivity index (χ1) is 12.0. The van der Waals surface area contributed by atoms with Gasteiger partial charge in [0, 0.05) is 16.4 Å². The van der Waals surface area contributed by atoms with Crippen LogP contribution >= 0.6 is 22.6 Å². The highest BCUT2D eigenvalue weighted by atomic mass is 127. The monoisotopic (exact) mass is 453 g/mol. The van der Waals surface area contributed by atoms with Crippen molar-refractivity contribution in [1.82, 2.24) is 4.98 Å². The van der Waals surface area contributed by atoms with E-state index in [0.717, 1.165) is 3.57 Å². The van der Waals surface area contributed by atoms with E-state index in [1.54, 1.807) is 6.07 Å². The zero-order valence-electron chi connectivity index (χ0n) is 12.9. The molecule has 128 valence electrons. The largest absolute Gasteiger partial charge is 0.458 e. The summed E-state index contributed by atoms with van der Waals surface area (Å²) in [5, 5.41) is 21.0. The van der Waals surface area contributed by atoms with Crippen LogP contribution in [0.1, 0.15) is 28.9 Å². The van der Waals surface area contributed by atoms with E-state index >= 15 is 0 Å². The predicted molar refractivity (Wildman–Crippen MR) is 95.8 cm³/mol. The molecule has 0 bridgehead atoms. The fraction of sp³-hybridized carbons (Fsp3) is 0.235. The number of carbonyl (C=O) groups is 1. The van der Waals surface area contributed by atoms with E-state index in [1.165, 1.54) is 24.3 Å². The Hall–Kier alpha value is -2.25. The summed E-state index contributed by atoms with van der Waals surface area (Å²) in [5.41, 5.74) is 0.318. The first-order valence-corrected chi connectivity index (χ1v) is 8.56. The summed E-state index contributed by atoms with van der Waals surface area (Å²) in [4.78, 5) is 16.4. The minimum Gasteiger partial charge on any atom is -0.458 e. The number of nitrogens with one attached hydrogen (secondary N) is 1. The number of nitriles is 1. The quantitative estimate of drug-likeness (QED) is 0.546. The lowest BCUT2D eigenvalue weighted by Gasteiger charge is -2.30. The number of hydrogen-bond acceptors (Lipinski definition) is 6. The Labute approximate surface area is 156 Å². The molecule has 1 heterocycles. The molecule has 0 atom stereocenters. The number of hydrogen-bond donors (Lipinski definition) is 2. The van der Waals surface area contributed by atoms with E-state index in [0.29, 0.717) is 12.8 Å². The summed E-state index contributed by atoms with van der Waals surface area (Å²) in [6.45, 7) is 0. The van der Waals surface area contributed by atoms with Crippen molar-refractivity contribution < 1.29 is 19.0 Å². The number of aliphatic hydroxyl groups excluding tert-OH is 1. The Morgan fingerprint density at radius 3 is 2.80 bits per heavy atom. The van der Waals surface area contributed by atoms with Crippen LogP contribution in [0.4, 0.5) is 15.9 Å². The van der Waals surface area contributed by atoms with Crippen molar-refractivity contribution in [3.63, 3.8) is 0 Å². The van der Waals surface area contributed by atoms with Crippen molar-refractivity contribution >= 4 is 40.1 Å². The average molecular weight is 453 g/mol. The molecule has 0 radical (unpaired) electrons. The topological polar surface area (TPSA) is 95.2 Å². The third kappa shape index (κ3) is 4.05. The van der Waals surface area contributed by atoms with Crippen LogP contribution < -0.4 is 5.32 Å². The van der Waals surface area contributed by atoms with Crippen molar-refractivity contribution in [1.29, 1.82) is 5.26 Å². The van der Waals surface area contributed by atoms with E-state index in [-0.39, 0.29) is 28.9 Å². The Morgan fingerprint density at radius 1 is 1.40 bits per heavy atom. The van der Waals surface area contributed by atoms with Gasteiger partial charge in [0.15, 0.2) is 0 Å².